The lowest BCUT2D eigenvalue weighted by molar-refractivity contribution is 0.0187. The van der Waals surface area contributed by atoms with E-state index in [0.29, 0.717) is 5.92 Å². The second-order valence-corrected chi connectivity index (χ2v) is 6.18. The summed E-state index contributed by atoms with van der Waals surface area (Å²) >= 11 is 0. The lowest BCUT2D eigenvalue weighted by atomic mass is 9.69. The number of rotatable bonds is 3. The van der Waals surface area contributed by atoms with Crippen LogP contribution in [0.4, 0.5) is 0 Å². The Morgan fingerprint density at radius 2 is 1.87 bits per heavy atom. The van der Waals surface area contributed by atoms with E-state index in [1.807, 2.05) is 0 Å². The zero-order valence-electron chi connectivity index (χ0n) is 10.3. The molecule has 0 spiro atoms. The monoisotopic (exact) mass is 210 g/mol. The molecule has 2 rings (SSSR count). The fourth-order valence-electron chi connectivity index (χ4n) is 3.30. The van der Waals surface area contributed by atoms with E-state index >= 15 is 0 Å². The molecular formula is C14H26O. The van der Waals surface area contributed by atoms with Crippen LogP contribution in [-0.2, 0) is 0 Å². The van der Waals surface area contributed by atoms with Gasteiger partial charge in [-0.3, -0.25) is 0 Å². The fourth-order valence-corrected chi connectivity index (χ4v) is 3.30. The molecule has 1 N–H and O–H groups in total. The van der Waals surface area contributed by atoms with Crippen molar-refractivity contribution in [3.05, 3.63) is 0 Å². The first-order valence-corrected chi connectivity index (χ1v) is 6.85. The Balaban J connectivity index is 1.84. The van der Waals surface area contributed by atoms with Crippen LogP contribution in [-0.4, -0.2) is 11.2 Å². The van der Waals surface area contributed by atoms with Gasteiger partial charge in [-0.05, 0) is 49.4 Å². The second kappa shape index (κ2) is 4.86. The van der Waals surface area contributed by atoms with Crippen LogP contribution < -0.4 is 0 Å². The van der Waals surface area contributed by atoms with Crippen LogP contribution >= 0.6 is 0 Å². The van der Waals surface area contributed by atoms with Crippen LogP contribution in [0, 0.1) is 23.7 Å². The van der Waals surface area contributed by atoms with Gasteiger partial charge in [-0.2, -0.15) is 0 Å². The van der Waals surface area contributed by atoms with Crippen LogP contribution in [0.1, 0.15) is 58.8 Å². The van der Waals surface area contributed by atoms with Crippen molar-refractivity contribution in [2.24, 2.45) is 23.7 Å². The predicted octanol–water partition coefficient (Wildman–Crippen LogP) is 3.61. The van der Waals surface area contributed by atoms with Gasteiger partial charge < -0.3 is 5.11 Å². The maximum absolute atomic E-state index is 10.0. The molecule has 15 heavy (non-hydrogen) atoms. The van der Waals surface area contributed by atoms with Gasteiger partial charge in [-0.25, -0.2) is 0 Å². The molecule has 2 aliphatic rings. The summed E-state index contributed by atoms with van der Waals surface area (Å²) in [5, 5.41) is 10.0. The van der Waals surface area contributed by atoms with Crippen LogP contribution in [0.25, 0.3) is 0 Å². The molecule has 0 saturated heterocycles. The minimum Gasteiger partial charge on any atom is -0.393 e. The van der Waals surface area contributed by atoms with Gasteiger partial charge in [-0.15, -0.1) is 0 Å². The third-order valence-corrected chi connectivity index (χ3v) is 4.79. The van der Waals surface area contributed by atoms with Crippen LogP contribution in [0.2, 0.25) is 0 Å². The van der Waals surface area contributed by atoms with Crippen molar-refractivity contribution in [1.29, 1.82) is 0 Å². The van der Waals surface area contributed by atoms with Crippen LogP contribution in [0.15, 0.2) is 0 Å². The minimum atomic E-state index is 0.0144. The van der Waals surface area contributed by atoms with Gasteiger partial charge in [0.2, 0.25) is 0 Å². The Bertz CT molecular complexity index is 196. The van der Waals surface area contributed by atoms with Crippen molar-refractivity contribution < 1.29 is 5.11 Å². The normalized spacial score (nSPS) is 38.0. The lowest BCUT2D eigenvalue weighted by Crippen LogP contribution is -2.33. The van der Waals surface area contributed by atoms with E-state index in [0.717, 1.165) is 24.2 Å². The molecule has 0 bridgehead atoms. The number of hydrogen-bond donors (Lipinski definition) is 1. The van der Waals surface area contributed by atoms with Gasteiger partial charge >= 0.3 is 0 Å². The first-order valence-electron chi connectivity index (χ1n) is 6.85. The minimum absolute atomic E-state index is 0.0144. The first kappa shape index (κ1) is 11.4. The third kappa shape index (κ3) is 2.75. The molecule has 3 atom stereocenters. The van der Waals surface area contributed by atoms with E-state index in [-0.39, 0.29) is 6.10 Å². The summed E-state index contributed by atoms with van der Waals surface area (Å²) in [5.74, 6) is 3.26. The van der Waals surface area contributed by atoms with Gasteiger partial charge in [0, 0.05) is 0 Å². The summed E-state index contributed by atoms with van der Waals surface area (Å²) < 4.78 is 0. The molecule has 0 aromatic heterocycles. The highest BCUT2D eigenvalue weighted by molar-refractivity contribution is 4.84. The molecular weight excluding hydrogens is 184 g/mol. The van der Waals surface area contributed by atoms with E-state index in [9.17, 15) is 5.11 Å². The average molecular weight is 210 g/mol. The summed E-state index contributed by atoms with van der Waals surface area (Å²) in [7, 11) is 0. The summed E-state index contributed by atoms with van der Waals surface area (Å²) in [6.07, 6.45) is 9.20. The molecule has 1 heteroatoms. The predicted molar refractivity (Wildman–Crippen MR) is 63.6 cm³/mol. The summed E-state index contributed by atoms with van der Waals surface area (Å²) in [4.78, 5) is 0. The van der Waals surface area contributed by atoms with Crippen molar-refractivity contribution in [3.63, 3.8) is 0 Å². The van der Waals surface area contributed by atoms with E-state index in [2.05, 4.69) is 13.8 Å². The zero-order valence-corrected chi connectivity index (χ0v) is 10.3. The van der Waals surface area contributed by atoms with Crippen molar-refractivity contribution >= 4 is 0 Å². The van der Waals surface area contributed by atoms with Crippen molar-refractivity contribution in [2.45, 2.75) is 64.9 Å². The Labute approximate surface area is 94.3 Å². The summed E-state index contributed by atoms with van der Waals surface area (Å²) in [5.41, 5.74) is 0. The molecule has 88 valence electrons. The van der Waals surface area contributed by atoms with Gasteiger partial charge in [-0.1, -0.05) is 33.1 Å². The molecule has 2 fully saturated rings. The van der Waals surface area contributed by atoms with Gasteiger partial charge in [0.25, 0.3) is 0 Å². The number of aliphatic hydroxyl groups excluding tert-OH is 1. The number of aliphatic hydroxyl groups is 1. The maximum atomic E-state index is 10.0. The zero-order chi connectivity index (χ0) is 10.8. The topological polar surface area (TPSA) is 20.2 Å². The number of hydrogen-bond acceptors (Lipinski definition) is 1. The van der Waals surface area contributed by atoms with Crippen molar-refractivity contribution in [2.75, 3.05) is 0 Å². The highest BCUT2D eigenvalue weighted by Crippen LogP contribution is 2.41. The SMILES string of the molecule is CC(C)C1CCC(O)C(CC2CCC2)C1. The molecule has 0 aliphatic heterocycles. The Morgan fingerprint density at radius 3 is 2.40 bits per heavy atom. The van der Waals surface area contributed by atoms with Gasteiger partial charge in [0.15, 0.2) is 0 Å². The Morgan fingerprint density at radius 1 is 1.13 bits per heavy atom. The maximum Gasteiger partial charge on any atom is 0.0568 e. The molecule has 0 radical (unpaired) electrons. The van der Waals surface area contributed by atoms with E-state index in [1.165, 1.54) is 38.5 Å². The first-order chi connectivity index (χ1) is 7.16. The van der Waals surface area contributed by atoms with E-state index in [1.54, 1.807) is 0 Å². The fraction of sp³-hybridized carbons (Fsp3) is 1.00. The lowest BCUT2D eigenvalue weighted by Gasteiger charge is -2.38. The van der Waals surface area contributed by atoms with E-state index < -0.39 is 0 Å². The highest BCUT2D eigenvalue weighted by atomic mass is 16.3. The molecule has 0 amide bonds. The average Bonchev–Trinajstić information content (AvgIpc) is 2.13. The highest BCUT2D eigenvalue weighted by Gasteiger charge is 2.33. The standard InChI is InChI=1S/C14H26O/c1-10(2)12-6-7-14(15)13(9-12)8-11-4-3-5-11/h10-15H,3-9H2,1-2H3. The van der Waals surface area contributed by atoms with E-state index in [4.69, 9.17) is 0 Å². The molecule has 1 nitrogen and oxygen atoms in total. The van der Waals surface area contributed by atoms with Gasteiger partial charge in [0.1, 0.15) is 0 Å². The summed E-state index contributed by atoms with van der Waals surface area (Å²) in [6, 6.07) is 0. The largest absolute Gasteiger partial charge is 0.393 e. The molecule has 3 unspecified atom stereocenters. The second-order valence-electron chi connectivity index (χ2n) is 6.18. The molecule has 2 aliphatic carbocycles. The third-order valence-electron chi connectivity index (χ3n) is 4.79. The van der Waals surface area contributed by atoms with Crippen molar-refractivity contribution in [3.8, 4) is 0 Å². The van der Waals surface area contributed by atoms with Crippen LogP contribution in [0.3, 0.4) is 0 Å². The Kier molecular flexibility index (Phi) is 3.71. The smallest absolute Gasteiger partial charge is 0.0568 e. The van der Waals surface area contributed by atoms with Crippen molar-refractivity contribution in [1.82, 2.24) is 0 Å². The Hall–Kier alpha value is -0.0400. The molecule has 2 saturated carbocycles. The van der Waals surface area contributed by atoms with Crippen LogP contribution in [0.5, 0.6) is 0 Å². The summed E-state index contributed by atoms with van der Waals surface area (Å²) in [6.45, 7) is 4.67. The molecule has 0 heterocycles. The van der Waals surface area contributed by atoms with Gasteiger partial charge in [0.05, 0.1) is 6.10 Å². The quantitative estimate of drug-likeness (QED) is 0.754. The molecule has 0 aromatic carbocycles. The molecule has 0 aromatic rings.